The van der Waals surface area contributed by atoms with Gasteiger partial charge in [-0.05, 0) is 12.8 Å². The van der Waals surface area contributed by atoms with Crippen molar-refractivity contribution in [1.29, 1.82) is 0 Å². The Morgan fingerprint density at radius 2 is 2.05 bits per heavy atom. The fraction of sp³-hybridized carbons (Fsp3) is 0.625. The smallest absolute Gasteiger partial charge is 0.338 e. The summed E-state index contributed by atoms with van der Waals surface area (Å²) in [4.78, 5) is 23.2. The maximum atomic E-state index is 12.3. The number of amides is 1. The Labute approximate surface area is 129 Å². The summed E-state index contributed by atoms with van der Waals surface area (Å²) in [5.74, 6) is -1.28. The predicted molar refractivity (Wildman–Crippen MR) is 79.9 cm³/mol. The van der Waals surface area contributed by atoms with Crippen molar-refractivity contribution < 1.29 is 23.8 Å². The maximum absolute atomic E-state index is 12.3. The Morgan fingerprint density at radius 1 is 1.41 bits per heavy atom. The van der Waals surface area contributed by atoms with Crippen LogP contribution < -0.4 is 5.32 Å². The van der Waals surface area contributed by atoms with E-state index in [1.165, 1.54) is 6.07 Å². The van der Waals surface area contributed by atoms with Gasteiger partial charge in [0, 0.05) is 30.6 Å². The van der Waals surface area contributed by atoms with E-state index in [9.17, 15) is 9.59 Å². The molecule has 2 rings (SSSR count). The van der Waals surface area contributed by atoms with Crippen molar-refractivity contribution in [2.45, 2.75) is 45.8 Å². The molecule has 1 fully saturated rings. The van der Waals surface area contributed by atoms with Crippen molar-refractivity contribution in [2.75, 3.05) is 7.11 Å². The summed E-state index contributed by atoms with van der Waals surface area (Å²) in [6.45, 7) is 6.24. The molecule has 1 saturated carbocycles. The van der Waals surface area contributed by atoms with Crippen LogP contribution in [0.3, 0.4) is 0 Å². The molecule has 1 aliphatic rings. The number of rotatable bonds is 6. The van der Waals surface area contributed by atoms with E-state index in [0.717, 1.165) is 19.1 Å². The van der Waals surface area contributed by atoms with E-state index in [4.69, 9.17) is 14.3 Å². The van der Waals surface area contributed by atoms with Gasteiger partial charge in [-0.1, -0.05) is 20.8 Å². The summed E-state index contributed by atoms with van der Waals surface area (Å²) in [5, 5.41) is 11.9. The minimum Gasteiger partial charge on any atom is -0.478 e. The van der Waals surface area contributed by atoms with Crippen LogP contribution >= 0.6 is 0 Å². The van der Waals surface area contributed by atoms with Crippen LogP contribution in [0.4, 0.5) is 0 Å². The molecule has 0 bridgehead atoms. The highest BCUT2D eigenvalue weighted by Gasteiger charge is 2.59. The van der Waals surface area contributed by atoms with Crippen molar-refractivity contribution >= 4 is 11.9 Å². The van der Waals surface area contributed by atoms with Crippen LogP contribution in [0.2, 0.25) is 0 Å². The average molecular weight is 309 g/mol. The zero-order chi connectivity index (χ0) is 16.5. The molecular formula is C16H23NO5. The number of nitrogens with one attached hydrogen (secondary N) is 1. The molecule has 1 heterocycles. The van der Waals surface area contributed by atoms with E-state index >= 15 is 0 Å². The zero-order valence-electron chi connectivity index (χ0n) is 13.4. The number of carboxylic acid groups (broad SMARTS) is 1. The second kappa shape index (κ2) is 6.12. The Kier molecular flexibility index (Phi) is 4.60. The molecule has 0 spiro atoms. The van der Waals surface area contributed by atoms with E-state index in [1.807, 2.05) is 6.92 Å². The average Bonchev–Trinajstić information content (AvgIpc) is 2.99. The first-order valence-corrected chi connectivity index (χ1v) is 7.56. The van der Waals surface area contributed by atoms with Crippen LogP contribution in [0.15, 0.2) is 16.7 Å². The molecule has 122 valence electrons. The second-order valence-corrected chi connectivity index (χ2v) is 5.91. The van der Waals surface area contributed by atoms with Crippen molar-refractivity contribution in [3.63, 3.8) is 0 Å². The van der Waals surface area contributed by atoms with Gasteiger partial charge in [0.05, 0.1) is 11.7 Å². The van der Waals surface area contributed by atoms with Crippen molar-refractivity contribution in [3.8, 4) is 0 Å². The molecule has 6 nitrogen and oxygen atoms in total. The molecule has 3 unspecified atom stereocenters. The molecular weight excluding hydrogens is 286 g/mol. The van der Waals surface area contributed by atoms with Crippen molar-refractivity contribution in [1.82, 2.24) is 5.32 Å². The van der Waals surface area contributed by atoms with E-state index in [-0.39, 0.29) is 40.7 Å². The highest BCUT2D eigenvalue weighted by Crippen LogP contribution is 2.52. The second-order valence-electron chi connectivity index (χ2n) is 5.91. The minimum atomic E-state index is -1.12. The number of aromatic carboxylic acids is 1. The third kappa shape index (κ3) is 2.41. The van der Waals surface area contributed by atoms with Crippen molar-refractivity contribution in [3.05, 3.63) is 23.7 Å². The molecule has 3 atom stereocenters. The van der Waals surface area contributed by atoms with Gasteiger partial charge in [0.15, 0.2) is 5.76 Å². The van der Waals surface area contributed by atoms with Gasteiger partial charge in [0.2, 0.25) is 0 Å². The van der Waals surface area contributed by atoms with Gasteiger partial charge in [-0.2, -0.15) is 0 Å². The summed E-state index contributed by atoms with van der Waals surface area (Å²) in [6.07, 6.45) is 2.98. The van der Waals surface area contributed by atoms with Crippen LogP contribution in [0, 0.1) is 11.3 Å². The van der Waals surface area contributed by atoms with E-state index in [1.54, 1.807) is 7.11 Å². The topological polar surface area (TPSA) is 88.8 Å². The van der Waals surface area contributed by atoms with Gasteiger partial charge in [-0.25, -0.2) is 4.79 Å². The third-order valence-corrected chi connectivity index (χ3v) is 5.12. The van der Waals surface area contributed by atoms with Crippen LogP contribution in [-0.4, -0.2) is 36.2 Å². The molecule has 6 heteroatoms. The first-order chi connectivity index (χ1) is 10.4. The monoisotopic (exact) mass is 309 g/mol. The van der Waals surface area contributed by atoms with Gasteiger partial charge >= 0.3 is 5.97 Å². The third-order valence-electron chi connectivity index (χ3n) is 5.12. The first kappa shape index (κ1) is 16.5. The fourth-order valence-electron chi connectivity index (χ4n) is 3.88. The maximum Gasteiger partial charge on any atom is 0.338 e. The Morgan fingerprint density at radius 3 is 2.50 bits per heavy atom. The Hall–Kier alpha value is -1.82. The lowest BCUT2D eigenvalue weighted by atomic mass is 9.53. The zero-order valence-corrected chi connectivity index (χ0v) is 13.4. The summed E-state index contributed by atoms with van der Waals surface area (Å²) in [7, 11) is 1.70. The van der Waals surface area contributed by atoms with Crippen LogP contribution in [0.5, 0.6) is 0 Å². The molecule has 0 radical (unpaired) electrons. The van der Waals surface area contributed by atoms with E-state index in [2.05, 4.69) is 19.2 Å². The van der Waals surface area contributed by atoms with Gasteiger partial charge in [-0.15, -0.1) is 0 Å². The molecule has 0 saturated heterocycles. The normalized spacial score (nSPS) is 26.3. The van der Waals surface area contributed by atoms with E-state index in [0.29, 0.717) is 0 Å². The minimum absolute atomic E-state index is 0.0154. The lowest BCUT2D eigenvalue weighted by molar-refractivity contribution is -0.164. The molecule has 1 aliphatic carbocycles. The van der Waals surface area contributed by atoms with Gasteiger partial charge in [0.1, 0.15) is 6.26 Å². The lowest BCUT2D eigenvalue weighted by Crippen LogP contribution is -2.69. The number of carbonyl (C=O) groups excluding carboxylic acids is 1. The van der Waals surface area contributed by atoms with Crippen LogP contribution in [0.1, 0.15) is 54.5 Å². The van der Waals surface area contributed by atoms with Crippen molar-refractivity contribution in [2.24, 2.45) is 11.3 Å². The number of carbonyl (C=O) groups is 2. The molecule has 22 heavy (non-hydrogen) atoms. The van der Waals surface area contributed by atoms with Gasteiger partial charge in [-0.3, -0.25) is 4.79 Å². The SMILES string of the molecule is CCC1(CC)C(NC(=O)c2cc(C(=O)O)co2)C(C)C1OC. The predicted octanol–water partition coefficient (Wildman–Crippen LogP) is 2.55. The van der Waals surface area contributed by atoms with Gasteiger partial charge in [0.25, 0.3) is 5.91 Å². The molecule has 1 aromatic rings. The molecule has 1 aromatic heterocycles. The summed E-state index contributed by atoms with van der Waals surface area (Å²) >= 11 is 0. The summed E-state index contributed by atoms with van der Waals surface area (Å²) in [6, 6.07) is 1.23. The standard InChI is InChI=1S/C16H23NO5/c1-5-16(6-2)12(9(3)13(16)21-4)17-14(18)11-7-10(8-22-11)15(19)20/h7-9,12-13H,5-6H2,1-4H3,(H,17,18)(H,19,20). The largest absolute Gasteiger partial charge is 0.478 e. The highest BCUT2D eigenvalue weighted by molar-refractivity contribution is 5.95. The van der Waals surface area contributed by atoms with Gasteiger partial charge < -0.3 is 19.6 Å². The lowest BCUT2D eigenvalue weighted by Gasteiger charge is -2.59. The number of ether oxygens (including phenoxy) is 1. The Bertz CT molecular complexity index is 561. The highest BCUT2D eigenvalue weighted by atomic mass is 16.5. The number of methoxy groups -OCH3 is 1. The van der Waals surface area contributed by atoms with Crippen LogP contribution in [0.25, 0.3) is 0 Å². The molecule has 0 aromatic carbocycles. The fourth-order valence-corrected chi connectivity index (χ4v) is 3.88. The quantitative estimate of drug-likeness (QED) is 0.843. The molecule has 2 N–H and O–H groups in total. The first-order valence-electron chi connectivity index (χ1n) is 7.56. The summed E-state index contributed by atoms with van der Waals surface area (Å²) in [5.41, 5.74) is -0.120. The molecule has 0 aliphatic heterocycles. The summed E-state index contributed by atoms with van der Waals surface area (Å²) < 4.78 is 10.7. The number of furan rings is 1. The number of carboxylic acids is 1. The number of hydrogen-bond donors (Lipinski definition) is 2. The Balaban J connectivity index is 2.14. The van der Waals surface area contributed by atoms with Crippen LogP contribution in [-0.2, 0) is 4.74 Å². The van der Waals surface area contributed by atoms with E-state index < -0.39 is 5.97 Å². The molecule has 1 amide bonds. The number of hydrogen-bond acceptors (Lipinski definition) is 4.